The highest BCUT2D eigenvalue weighted by Crippen LogP contribution is 2.29. The molecule has 0 aromatic heterocycles. The third-order valence-corrected chi connectivity index (χ3v) is 3.06. The number of amides is 1. The van der Waals surface area contributed by atoms with Crippen LogP contribution in [0.5, 0.6) is 5.75 Å². The summed E-state index contributed by atoms with van der Waals surface area (Å²) in [5.74, 6) is -0.0607. The van der Waals surface area contributed by atoms with Gasteiger partial charge < -0.3 is 10.5 Å². The quantitative estimate of drug-likeness (QED) is 0.932. The van der Waals surface area contributed by atoms with E-state index in [0.29, 0.717) is 22.8 Å². The summed E-state index contributed by atoms with van der Waals surface area (Å²) < 4.78 is 5.31. The highest BCUT2D eigenvalue weighted by molar-refractivity contribution is 6.31. The van der Waals surface area contributed by atoms with Crippen LogP contribution in [0, 0.1) is 0 Å². The zero-order chi connectivity index (χ0) is 13.8. The minimum atomic E-state index is -0.548. The van der Waals surface area contributed by atoms with E-state index in [2.05, 4.69) is 0 Å². The summed E-state index contributed by atoms with van der Waals surface area (Å²) in [7, 11) is 1.52. The van der Waals surface area contributed by atoms with Crippen LogP contribution in [-0.2, 0) is 6.42 Å². The fourth-order valence-corrected chi connectivity index (χ4v) is 2.26. The molecule has 0 saturated carbocycles. The van der Waals surface area contributed by atoms with E-state index in [4.69, 9.17) is 22.1 Å². The lowest BCUT2D eigenvalue weighted by atomic mass is 10.0. The molecule has 0 unspecified atom stereocenters. The smallest absolute Gasteiger partial charge is 0.252 e. The summed E-state index contributed by atoms with van der Waals surface area (Å²) in [5.41, 5.74) is 7.60. The minimum Gasteiger partial charge on any atom is -0.496 e. The third-order valence-electron chi connectivity index (χ3n) is 2.84. The first-order chi connectivity index (χ1) is 9.11. The van der Waals surface area contributed by atoms with E-state index in [-0.39, 0.29) is 0 Å². The van der Waals surface area contributed by atoms with Crippen molar-refractivity contribution in [2.45, 2.75) is 6.42 Å². The summed E-state index contributed by atoms with van der Waals surface area (Å²) in [5, 5.41) is 0.473. The van der Waals surface area contributed by atoms with E-state index in [1.807, 2.05) is 30.3 Å². The number of nitrogens with two attached hydrogens (primary N) is 1. The molecule has 2 aromatic rings. The second-order valence-corrected chi connectivity index (χ2v) is 4.61. The zero-order valence-corrected chi connectivity index (χ0v) is 11.3. The first-order valence-electron chi connectivity index (χ1n) is 5.82. The van der Waals surface area contributed by atoms with Crippen LogP contribution in [0.15, 0.2) is 42.5 Å². The Hall–Kier alpha value is -2.00. The number of halogens is 1. The lowest BCUT2D eigenvalue weighted by Gasteiger charge is -2.12. The van der Waals surface area contributed by atoms with Gasteiger partial charge in [-0.05, 0) is 17.7 Å². The number of carbonyl (C=O) groups is 1. The van der Waals surface area contributed by atoms with Crippen molar-refractivity contribution in [1.82, 2.24) is 0 Å². The number of methoxy groups -OCH3 is 1. The van der Waals surface area contributed by atoms with Gasteiger partial charge in [0.25, 0.3) is 5.91 Å². The highest BCUT2D eigenvalue weighted by Gasteiger charge is 2.15. The summed E-state index contributed by atoms with van der Waals surface area (Å²) in [6, 6.07) is 13.2. The number of hydrogen-bond donors (Lipinski definition) is 1. The van der Waals surface area contributed by atoms with Crippen LogP contribution in [0.4, 0.5) is 0 Å². The molecule has 0 radical (unpaired) electrons. The van der Waals surface area contributed by atoms with Crippen LogP contribution in [0.1, 0.15) is 21.5 Å². The average Bonchev–Trinajstić information content (AvgIpc) is 2.39. The molecule has 0 atom stereocenters. The van der Waals surface area contributed by atoms with Gasteiger partial charge in [-0.25, -0.2) is 0 Å². The van der Waals surface area contributed by atoms with Gasteiger partial charge in [0.15, 0.2) is 0 Å². The Bertz CT molecular complexity index is 597. The van der Waals surface area contributed by atoms with Crippen molar-refractivity contribution in [3.8, 4) is 5.75 Å². The second-order valence-electron chi connectivity index (χ2n) is 4.17. The van der Waals surface area contributed by atoms with Crippen molar-refractivity contribution in [3.05, 3.63) is 64.2 Å². The topological polar surface area (TPSA) is 52.3 Å². The summed E-state index contributed by atoms with van der Waals surface area (Å²) in [4.78, 5) is 11.4. The molecule has 0 aliphatic heterocycles. The largest absolute Gasteiger partial charge is 0.496 e. The molecule has 19 heavy (non-hydrogen) atoms. The van der Waals surface area contributed by atoms with E-state index in [1.165, 1.54) is 13.2 Å². The number of carbonyl (C=O) groups excluding carboxylic acids is 1. The monoisotopic (exact) mass is 275 g/mol. The van der Waals surface area contributed by atoms with Crippen LogP contribution in [0.2, 0.25) is 5.02 Å². The predicted octanol–water partition coefficient (Wildman–Crippen LogP) is 3.04. The van der Waals surface area contributed by atoms with Crippen molar-refractivity contribution in [2.24, 2.45) is 5.73 Å². The molecule has 2 rings (SSSR count). The molecule has 0 saturated heterocycles. The molecule has 2 aromatic carbocycles. The zero-order valence-electron chi connectivity index (χ0n) is 10.5. The van der Waals surface area contributed by atoms with Gasteiger partial charge in [0.1, 0.15) is 5.75 Å². The first-order valence-corrected chi connectivity index (χ1v) is 6.19. The van der Waals surface area contributed by atoms with Gasteiger partial charge in [0.2, 0.25) is 0 Å². The third kappa shape index (κ3) is 3.06. The molecule has 0 heterocycles. The van der Waals surface area contributed by atoms with Crippen LogP contribution >= 0.6 is 11.6 Å². The second kappa shape index (κ2) is 5.76. The van der Waals surface area contributed by atoms with E-state index in [1.54, 1.807) is 6.07 Å². The fraction of sp³-hybridized carbons (Fsp3) is 0.133. The molecule has 1 amide bonds. The van der Waals surface area contributed by atoms with Crippen LogP contribution in [-0.4, -0.2) is 13.0 Å². The molecule has 2 N–H and O–H groups in total. The van der Waals surface area contributed by atoms with E-state index in [0.717, 1.165) is 11.1 Å². The maximum Gasteiger partial charge on any atom is 0.252 e. The van der Waals surface area contributed by atoms with Gasteiger partial charge in [-0.2, -0.15) is 0 Å². The first kappa shape index (κ1) is 13.4. The van der Waals surface area contributed by atoms with E-state index in [9.17, 15) is 4.79 Å². The fourth-order valence-electron chi connectivity index (χ4n) is 2.02. The number of hydrogen-bond acceptors (Lipinski definition) is 2. The number of rotatable bonds is 4. The Balaban J connectivity index is 2.47. The van der Waals surface area contributed by atoms with Crippen molar-refractivity contribution >= 4 is 17.5 Å². The van der Waals surface area contributed by atoms with Gasteiger partial charge in [-0.1, -0.05) is 41.9 Å². The molecule has 0 fully saturated rings. The predicted molar refractivity (Wildman–Crippen MR) is 75.8 cm³/mol. The van der Waals surface area contributed by atoms with Crippen molar-refractivity contribution in [2.75, 3.05) is 7.11 Å². The van der Waals surface area contributed by atoms with Crippen molar-refractivity contribution in [1.29, 1.82) is 0 Å². The molecular weight excluding hydrogens is 262 g/mol. The maximum atomic E-state index is 11.4. The SMILES string of the molecule is COc1c(Cc2ccccc2)cc(Cl)cc1C(N)=O. The molecular formula is C15H14ClNO2. The highest BCUT2D eigenvalue weighted by atomic mass is 35.5. The number of primary amides is 1. The molecule has 0 aliphatic rings. The standard InChI is InChI=1S/C15H14ClNO2/c1-19-14-11(7-10-5-3-2-4-6-10)8-12(16)9-13(14)15(17)18/h2-6,8-9H,7H2,1H3,(H2,17,18). The lowest BCUT2D eigenvalue weighted by Crippen LogP contribution is -2.13. The lowest BCUT2D eigenvalue weighted by molar-refractivity contribution is 0.0997. The summed E-state index contributed by atoms with van der Waals surface area (Å²) in [6.07, 6.45) is 0.630. The Morgan fingerprint density at radius 3 is 2.53 bits per heavy atom. The van der Waals surface area contributed by atoms with Crippen molar-refractivity contribution < 1.29 is 9.53 Å². The van der Waals surface area contributed by atoms with E-state index >= 15 is 0 Å². The minimum absolute atomic E-state index is 0.306. The molecule has 0 bridgehead atoms. The van der Waals surface area contributed by atoms with Crippen LogP contribution < -0.4 is 10.5 Å². The molecule has 4 heteroatoms. The molecule has 0 aliphatic carbocycles. The van der Waals surface area contributed by atoms with Crippen LogP contribution in [0.3, 0.4) is 0 Å². The summed E-state index contributed by atoms with van der Waals surface area (Å²) >= 11 is 6.03. The molecule has 98 valence electrons. The number of benzene rings is 2. The average molecular weight is 276 g/mol. The Labute approximate surface area is 117 Å². The van der Waals surface area contributed by atoms with Crippen LogP contribution in [0.25, 0.3) is 0 Å². The molecule has 0 spiro atoms. The molecule has 3 nitrogen and oxygen atoms in total. The Morgan fingerprint density at radius 1 is 1.26 bits per heavy atom. The van der Waals surface area contributed by atoms with Gasteiger partial charge in [-0.3, -0.25) is 4.79 Å². The van der Waals surface area contributed by atoms with E-state index < -0.39 is 5.91 Å². The normalized spacial score (nSPS) is 10.2. The van der Waals surface area contributed by atoms with Crippen molar-refractivity contribution in [3.63, 3.8) is 0 Å². The maximum absolute atomic E-state index is 11.4. The van der Waals surface area contributed by atoms with Gasteiger partial charge in [0.05, 0.1) is 12.7 Å². The summed E-state index contributed by atoms with van der Waals surface area (Å²) in [6.45, 7) is 0. The van der Waals surface area contributed by atoms with Gasteiger partial charge in [0, 0.05) is 17.0 Å². The number of ether oxygens (including phenoxy) is 1. The Kier molecular flexibility index (Phi) is 4.07. The van der Waals surface area contributed by atoms with Gasteiger partial charge in [-0.15, -0.1) is 0 Å². The Morgan fingerprint density at radius 2 is 1.95 bits per heavy atom. The van der Waals surface area contributed by atoms with Gasteiger partial charge >= 0.3 is 0 Å².